The number of anilines is 1. The molecule has 5 heteroatoms. The number of nitrogens with zero attached hydrogens (tertiary/aromatic N) is 3. The molecule has 4 nitrogen and oxygen atoms in total. The van der Waals surface area contributed by atoms with E-state index in [9.17, 15) is 4.79 Å². The summed E-state index contributed by atoms with van der Waals surface area (Å²) in [5.41, 5.74) is 3.04. The van der Waals surface area contributed by atoms with Gasteiger partial charge in [-0.3, -0.25) is 9.79 Å². The van der Waals surface area contributed by atoms with Crippen LogP contribution in [0.4, 0.5) is 5.69 Å². The minimum absolute atomic E-state index is 0.0682. The van der Waals surface area contributed by atoms with Crippen LogP contribution in [-0.4, -0.2) is 27.3 Å². The van der Waals surface area contributed by atoms with Crippen LogP contribution in [0.15, 0.2) is 59.6 Å². The predicted octanol–water partition coefficient (Wildman–Crippen LogP) is 5.25. The largest absolute Gasteiger partial charge is 0.305 e. The SMILES string of the molecule is CC(=O)N1C(=S)N(c2ccc(C)cc2)C2(CCCCC2)/C1=N/Cc1ccccc1. The lowest BCUT2D eigenvalue weighted by Crippen LogP contribution is -2.51. The van der Waals surface area contributed by atoms with E-state index >= 15 is 0 Å². The highest BCUT2D eigenvalue weighted by atomic mass is 32.1. The van der Waals surface area contributed by atoms with Gasteiger partial charge in [0, 0.05) is 12.6 Å². The smallest absolute Gasteiger partial charge is 0.231 e. The summed E-state index contributed by atoms with van der Waals surface area (Å²) in [6, 6.07) is 18.6. The minimum Gasteiger partial charge on any atom is -0.305 e. The average Bonchev–Trinajstić information content (AvgIpc) is 2.96. The van der Waals surface area contributed by atoms with Crippen LogP contribution < -0.4 is 4.90 Å². The van der Waals surface area contributed by atoms with Crippen LogP contribution in [0.1, 0.15) is 50.2 Å². The van der Waals surface area contributed by atoms with Crippen LogP contribution >= 0.6 is 12.2 Å². The molecule has 150 valence electrons. The van der Waals surface area contributed by atoms with Crippen LogP contribution in [0.5, 0.6) is 0 Å². The van der Waals surface area contributed by atoms with Gasteiger partial charge in [-0.1, -0.05) is 67.3 Å². The monoisotopic (exact) mass is 405 g/mol. The zero-order chi connectivity index (χ0) is 20.4. The number of carbonyl (C=O) groups excluding carboxylic acids is 1. The van der Waals surface area contributed by atoms with Crippen molar-refractivity contribution in [3.63, 3.8) is 0 Å². The maximum atomic E-state index is 12.7. The maximum Gasteiger partial charge on any atom is 0.231 e. The van der Waals surface area contributed by atoms with Gasteiger partial charge in [0.15, 0.2) is 5.11 Å². The quantitative estimate of drug-likeness (QED) is 0.654. The molecule has 0 N–H and O–H groups in total. The van der Waals surface area contributed by atoms with E-state index in [0.29, 0.717) is 11.7 Å². The number of aliphatic imine (C=N–C) groups is 1. The Morgan fingerprint density at radius 1 is 1.03 bits per heavy atom. The van der Waals surface area contributed by atoms with E-state index < -0.39 is 0 Å². The third-order valence-electron chi connectivity index (χ3n) is 5.98. The first kappa shape index (κ1) is 19.8. The summed E-state index contributed by atoms with van der Waals surface area (Å²) in [5.74, 6) is 0.750. The molecule has 1 aliphatic carbocycles. The number of carbonyl (C=O) groups is 1. The number of amidine groups is 1. The topological polar surface area (TPSA) is 35.9 Å². The third-order valence-corrected chi connectivity index (χ3v) is 6.35. The summed E-state index contributed by atoms with van der Waals surface area (Å²) in [7, 11) is 0. The van der Waals surface area contributed by atoms with E-state index in [1.165, 1.54) is 12.0 Å². The standard InChI is InChI=1S/C24H27N3OS/c1-18-11-13-21(14-12-18)27-23(29)26(19(2)28)22(24(27)15-7-4-8-16-24)25-17-20-9-5-3-6-10-20/h3,5-6,9-14H,4,7-8,15-17H2,1-2H3/b25-22-. The summed E-state index contributed by atoms with van der Waals surface area (Å²) in [6.07, 6.45) is 5.35. The maximum absolute atomic E-state index is 12.7. The third kappa shape index (κ3) is 3.60. The first-order chi connectivity index (χ1) is 14.0. The molecule has 1 amide bonds. The fourth-order valence-corrected chi connectivity index (χ4v) is 5.06. The van der Waals surface area contributed by atoms with Crippen molar-refractivity contribution < 1.29 is 4.79 Å². The van der Waals surface area contributed by atoms with Crippen molar-refractivity contribution in [3.8, 4) is 0 Å². The number of amides is 1. The lowest BCUT2D eigenvalue weighted by atomic mass is 9.79. The summed E-state index contributed by atoms with van der Waals surface area (Å²) in [6.45, 7) is 4.21. The molecule has 2 aromatic rings. The molecule has 2 fully saturated rings. The van der Waals surface area contributed by atoms with Crippen LogP contribution in [0.25, 0.3) is 0 Å². The lowest BCUT2D eigenvalue weighted by Gasteiger charge is -2.41. The number of aryl methyl sites for hydroxylation is 1. The minimum atomic E-state index is -0.342. The molecule has 1 saturated carbocycles. The number of hydrogen-bond acceptors (Lipinski definition) is 3. The molecule has 4 rings (SSSR count). The van der Waals surface area contributed by atoms with Crippen LogP contribution in [0, 0.1) is 6.92 Å². The molecular formula is C24H27N3OS. The second kappa shape index (κ2) is 8.07. The van der Waals surface area contributed by atoms with Gasteiger partial charge in [-0.2, -0.15) is 0 Å². The Labute approximate surface area is 178 Å². The first-order valence-corrected chi connectivity index (χ1v) is 10.7. The summed E-state index contributed by atoms with van der Waals surface area (Å²) < 4.78 is 0. The second-order valence-corrected chi connectivity index (χ2v) is 8.39. The van der Waals surface area contributed by atoms with Gasteiger partial charge in [-0.05, 0) is 49.7 Å². The number of rotatable bonds is 3. The summed E-state index contributed by atoms with van der Waals surface area (Å²) in [4.78, 5) is 21.5. The van der Waals surface area contributed by atoms with Gasteiger partial charge >= 0.3 is 0 Å². The van der Waals surface area contributed by atoms with Gasteiger partial charge in [-0.25, -0.2) is 4.90 Å². The Balaban J connectivity index is 1.82. The zero-order valence-electron chi connectivity index (χ0n) is 17.1. The first-order valence-electron chi connectivity index (χ1n) is 10.3. The molecule has 0 bridgehead atoms. The number of thiocarbonyl (C=S) groups is 1. The molecule has 1 saturated heterocycles. The predicted molar refractivity (Wildman–Crippen MR) is 122 cm³/mol. The molecule has 0 unspecified atom stereocenters. The summed E-state index contributed by atoms with van der Waals surface area (Å²) >= 11 is 5.86. The number of benzene rings is 2. The zero-order valence-corrected chi connectivity index (χ0v) is 17.9. The van der Waals surface area contributed by atoms with Crippen molar-refractivity contribution >= 4 is 34.8 Å². The van der Waals surface area contributed by atoms with E-state index in [-0.39, 0.29) is 11.4 Å². The Morgan fingerprint density at radius 2 is 1.69 bits per heavy atom. The molecule has 1 spiro atoms. The van der Waals surface area contributed by atoms with Crippen LogP contribution in [0.3, 0.4) is 0 Å². The van der Waals surface area contributed by atoms with E-state index in [2.05, 4.69) is 48.2 Å². The van der Waals surface area contributed by atoms with E-state index in [0.717, 1.165) is 42.8 Å². The Bertz CT molecular complexity index is 930. The fourth-order valence-electron chi connectivity index (χ4n) is 4.57. The molecule has 1 aliphatic heterocycles. The number of hydrogen-bond donors (Lipinski definition) is 0. The van der Waals surface area contributed by atoms with E-state index in [1.54, 1.807) is 11.8 Å². The summed E-state index contributed by atoms with van der Waals surface area (Å²) in [5, 5.41) is 0.551. The van der Waals surface area contributed by atoms with Crippen molar-refractivity contribution in [1.29, 1.82) is 0 Å². The molecule has 1 heterocycles. The van der Waals surface area contributed by atoms with Crippen molar-refractivity contribution in [2.24, 2.45) is 4.99 Å². The molecular weight excluding hydrogens is 378 g/mol. The van der Waals surface area contributed by atoms with Crippen molar-refractivity contribution in [2.45, 2.75) is 58.0 Å². The van der Waals surface area contributed by atoms with Crippen molar-refractivity contribution in [2.75, 3.05) is 4.90 Å². The Hall–Kier alpha value is -2.53. The van der Waals surface area contributed by atoms with Gasteiger partial charge in [0.2, 0.25) is 5.91 Å². The lowest BCUT2D eigenvalue weighted by molar-refractivity contribution is -0.122. The van der Waals surface area contributed by atoms with Gasteiger partial charge in [0.25, 0.3) is 0 Å². The van der Waals surface area contributed by atoms with Crippen LogP contribution in [0.2, 0.25) is 0 Å². The van der Waals surface area contributed by atoms with Gasteiger partial charge < -0.3 is 4.90 Å². The average molecular weight is 406 g/mol. The molecule has 2 aliphatic rings. The highest BCUT2D eigenvalue weighted by Gasteiger charge is 2.55. The fraction of sp³-hybridized carbons (Fsp3) is 0.375. The molecule has 0 radical (unpaired) electrons. The normalized spacial score (nSPS) is 19.9. The van der Waals surface area contributed by atoms with Gasteiger partial charge in [0.1, 0.15) is 11.4 Å². The highest BCUT2D eigenvalue weighted by molar-refractivity contribution is 7.80. The highest BCUT2D eigenvalue weighted by Crippen LogP contribution is 2.44. The molecule has 2 aromatic carbocycles. The van der Waals surface area contributed by atoms with Crippen molar-refractivity contribution in [3.05, 3.63) is 65.7 Å². The van der Waals surface area contributed by atoms with Crippen LogP contribution in [-0.2, 0) is 11.3 Å². The molecule has 29 heavy (non-hydrogen) atoms. The van der Waals surface area contributed by atoms with E-state index in [4.69, 9.17) is 17.2 Å². The molecule has 0 atom stereocenters. The molecule has 0 aromatic heterocycles. The van der Waals surface area contributed by atoms with E-state index in [1.807, 2.05) is 18.2 Å². The van der Waals surface area contributed by atoms with Gasteiger partial charge in [-0.15, -0.1) is 0 Å². The Kier molecular flexibility index (Phi) is 5.50. The Morgan fingerprint density at radius 3 is 2.31 bits per heavy atom. The second-order valence-electron chi connectivity index (χ2n) is 8.03. The van der Waals surface area contributed by atoms with Gasteiger partial charge in [0.05, 0.1) is 6.54 Å². The van der Waals surface area contributed by atoms with Crippen molar-refractivity contribution in [1.82, 2.24) is 4.90 Å².